The number of amides is 1. The van der Waals surface area contributed by atoms with Crippen molar-refractivity contribution in [3.8, 4) is 0 Å². The SMILES string of the molecule is CC(CN)CNC(=O)C1CC1c1c(F)cccc1Cl. The van der Waals surface area contributed by atoms with Crippen LogP contribution in [0.15, 0.2) is 18.2 Å². The van der Waals surface area contributed by atoms with Crippen LogP contribution in [-0.4, -0.2) is 19.0 Å². The van der Waals surface area contributed by atoms with Gasteiger partial charge in [0.25, 0.3) is 0 Å². The van der Waals surface area contributed by atoms with E-state index in [4.69, 9.17) is 17.3 Å². The smallest absolute Gasteiger partial charge is 0.223 e. The Kier molecular flexibility index (Phi) is 4.42. The fourth-order valence-corrected chi connectivity index (χ4v) is 2.46. The fourth-order valence-electron chi connectivity index (χ4n) is 2.16. The van der Waals surface area contributed by atoms with Crippen molar-refractivity contribution in [2.75, 3.05) is 13.1 Å². The molecule has 1 amide bonds. The van der Waals surface area contributed by atoms with Gasteiger partial charge in [-0.05, 0) is 31.0 Å². The molecule has 0 spiro atoms. The summed E-state index contributed by atoms with van der Waals surface area (Å²) >= 11 is 6.00. The van der Waals surface area contributed by atoms with E-state index in [0.717, 1.165) is 0 Å². The Morgan fingerprint density at radius 1 is 1.63 bits per heavy atom. The highest BCUT2D eigenvalue weighted by Crippen LogP contribution is 2.50. The van der Waals surface area contributed by atoms with Crippen molar-refractivity contribution in [2.45, 2.75) is 19.3 Å². The van der Waals surface area contributed by atoms with E-state index in [2.05, 4.69) is 5.32 Å². The number of carbonyl (C=O) groups is 1. The van der Waals surface area contributed by atoms with Gasteiger partial charge < -0.3 is 11.1 Å². The van der Waals surface area contributed by atoms with Gasteiger partial charge in [-0.2, -0.15) is 0 Å². The number of nitrogens with two attached hydrogens (primary N) is 1. The highest BCUT2D eigenvalue weighted by molar-refractivity contribution is 6.31. The van der Waals surface area contributed by atoms with Crippen LogP contribution < -0.4 is 11.1 Å². The van der Waals surface area contributed by atoms with Crippen molar-refractivity contribution in [2.24, 2.45) is 17.6 Å². The summed E-state index contributed by atoms with van der Waals surface area (Å²) in [5.74, 6) is -0.382. The minimum absolute atomic E-state index is 0.0374. The average Bonchev–Trinajstić information content (AvgIpc) is 3.15. The second-order valence-corrected chi connectivity index (χ2v) is 5.58. The first-order chi connectivity index (χ1) is 9.04. The zero-order valence-electron chi connectivity index (χ0n) is 10.8. The summed E-state index contributed by atoms with van der Waals surface area (Å²) in [4.78, 5) is 11.9. The van der Waals surface area contributed by atoms with Crippen LogP contribution in [0.1, 0.15) is 24.8 Å². The molecule has 1 aromatic carbocycles. The molecular formula is C14H18ClFN2O. The first-order valence-electron chi connectivity index (χ1n) is 6.46. The monoisotopic (exact) mass is 284 g/mol. The van der Waals surface area contributed by atoms with Crippen molar-refractivity contribution in [3.63, 3.8) is 0 Å². The van der Waals surface area contributed by atoms with Crippen LogP contribution in [0, 0.1) is 17.7 Å². The van der Waals surface area contributed by atoms with Gasteiger partial charge in [0, 0.05) is 29.0 Å². The summed E-state index contributed by atoms with van der Waals surface area (Å²) < 4.78 is 13.7. The fraction of sp³-hybridized carbons (Fsp3) is 0.500. The van der Waals surface area contributed by atoms with E-state index < -0.39 is 0 Å². The van der Waals surface area contributed by atoms with Crippen molar-refractivity contribution >= 4 is 17.5 Å². The third kappa shape index (κ3) is 3.25. The maximum Gasteiger partial charge on any atom is 0.223 e. The number of rotatable bonds is 5. The third-order valence-electron chi connectivity index (χ3n) is 3.52. The second kappa shape index (κ2) is 5.88. The van der Waals surface area contributed by atoms with E-state index in [1.807, 2.05) is 6.92 Å². The van der Waals surface area contributed by atoms with Gasteiger partial charge in [0.05, 0.1) is 0 Å². The number of hydrogen-bond donors (Lipinski definition) is 2. The predicted octanol–water partition coefficient (Wildman–Crippen LogP) is 2.29. The molecule has 3 N–H and O–H groups in total. The van der Waals surface area contributed by atoms with Gasteiger partial charge in [0.2, 0.25) is 5.91 Å². The Hall–Kier alpha value is -1.13. The molecule has 1 saturated carbocycles. The Bertz CT molecular complexity index is 460. The number of benzene rings is 1. The van der Waals surface area contributed by atoms with E-state index in [1.165, 1.54) is 6.07 Å². The largest absolute Gasteiger partial charge is 0.356 e. The molecule has 0 radical (unpaired) electrons. The van der Waals surface area contributed by atoms with Gasteiger partial charge in [-0.25, -0.2) is 4.39 Å². The molecule has 3 unspecified atom stereocenters. The Labute approximate surface area is 117 Å². The zero-order valence-corrected chi connectivity index (χ0v) is 11.6. The van der Waals surface area contributed by atoms with Crippen molar-refractivity contribution < 1.29 is 9.18 Å². The van der Waals surface area contributed by atoms with Gasteiger partial charge in [0.15, 0.2) is 0 Å². The van der Waals surface area contributed by atoms with Crippen LogP contribution in [0.5, 0.6) is 0 Å². The minimum Gasteiger partial charge on any atom is -0.356 e. The second-order valence-electron chi connectivity index (χ2n) is 5.17. The summed E-state index contributed by atoms with van der Waals surface area (Å²) in [6, 6.07) is 4.61. The summed E-state index contributed by atoms with van der Waals surface area (Å²) in [5, 5.41) is 3.25. The predicted molar refractivity (Wildman–Crippen MR) is 73.5 cm³/mol. The maximum absolute atomic E-state index is 13.7. The van der Waals surface area contributed by atoms with E-state index in [1.54, 1.807) is 12.1 Å². The van der Waals surface area contributed by atoms with Crippen LogP contribution in [0.25, 0.3) is 0 Å². The zero-order chi connectivity index (χ0) is 14.0. The molecule has 1 fully saturated rings. The molecule has 0 heterocycles. The lowest BCUT2D eigenvalue weighted by molar-refractivity contribution is -0.122. The van der Waals surface area contributed by atoms with Gasteiger partial charge in [-0.3, -0.25) is 4.79 Å². The normalized spacial score (nSPS) is 22.9. The highest BCUT2D eigenvalue weighted by Gasteiger charge is 2.46. The molecule has 0 saturated heterocycles. The van der Waals surface area contributed by atoms with E-state index >= 15 is 0 Å². The van der Waals surface area contributed by atoms with Gasteiger partial charge in [-0.1, -0.05) is 24.6 Å². The molecule has 1 aliphatic rings. The molecule has 1 aromatic rings. The van der Waals surface area contributed by atoms with E-state index in [0.29, 0.717) is 30.1 Å². The average molecular weight is 285 g/mol. The Morgan fingerprint density at radius 2 is 2.37 bits per heavy atom. The lowest BCUT2D eigenvalue weighted by Crippen LogP contribution is -2.32. The number of carbonyl (C=O) groups excluding carboxylic acids is 1. The number of hydrogen-bond acceptors (Lipinski definition) is 2. The van der Waals surface area contributed by atoms with Crippen LogP contribution in [0.2, 0.25) is 5.02 Å². The first-order valence-corrected chi connectivity index (χ1v) is 6.84. The molecule has 0 aromatic heterocycles. The van der Waals surface area contributed by atoms with Gasteiger partial charge in [0.1, 0.15) is 5.82 Å². The molecule has 3 nitrogen and oxygen atoms in total. The molecule has 5 heteroatoms. The Morgan fingerprint density at radius 3 is 3.00 bits per heavy atom. The Balaban J connectivity index is 1.95. The first kappa shape index (κ1) is 14.3. The molecule has 0 bridgehead atoms. The molecule has 2 rings (SSSR count). The minimum atomic E-state index is -0.330. The third-order valence-corrected chi connectivity index (χ3v) is 3.85. The highest BCUT2D eigenvalue weighted by atomic mass is 35.5. The number of nitrogens with one attached hydrogen (secondary N) is 1. The molecule has 3 atom stereocenters. The standard InChI is InChI=1S/C14H18ClFN2O/c1-8(6-17)7-18-14(19)10-5-9(10)13-11(15)3-2-4-12(13)16/h2-4,8-10H,5-7,17H2,1H3,(H,18,19). The lowest BCUT2D eigenvalue weighted by Gasteiger charge is -2.10. The summed E-state index contributed by atoms with van der Waals surface area (Å²) in [7, 11) is 0. The lowest BCUT2D eigenvalue weighted by atomic mass is 10.1. The van der Waals surface area contributed by atoms with E-state index in [-0.39, 0.29) is 29.5 Å². The number of halogens is 2. The maximum atomic E-state index is 13.7. The van der Waals surface area contributed by atoms with Crippen molar-refractivity contribution in [3.05, 3.63) is 34.6 Å². The van der Waals surface area contributed by atoms with Gasteiger partial charge in [-0.15, -0.1) is 0 Å². The molecule has 104 valence electrons. The van der Waals surface area contributed by atoms with Crippen LogP contribution in [-0.2, 0) is 4.79 Å². The van der Waals surface area contributed by atoms with Crippen LogP contribution in [0.4, 0.5) is 4.39 Å². The topological polar surface area (TPSA) is 55.1 Å². The summed E-state index contributed by atoms with van der Waals surface area (Å²) in [6.07, 6.45) is 0.656. The molecule has 0 aliphatic heterocycles. The van der Waals surface area contributed by atoms with Crippen LogP contribution in [0.3, 0.4) is 0 Å². The quantitative estimate of drug-likeness (QED) is 0.872. The molecule has 1 aliphatic carbocycles. The van der Waals surface area contributed by atoms with Crippen molar-refractivity contribution in [1.29, 1.82) is 0 Å². The molecular weight excluding hydrogens is 267 g/mol. The summed E-state index contributed by atoms with van der Waals surface area (Å²) in [5.41, 5.74) is 5.96. The molecule has 19 heavy (non-hydrogen) atoms. The van der Waals surface area contributed by atoms with Crippen LogP contribution >= 0.6 is 11.6 Å². The summed E-state index contributed by atoms with van der Waals surface area (Å²) in [6.45, 7) is 3.06. The van der Waals surface area contributed by atoms with Gasteiger partial charge >= 0.3 is 0 Å². The van der Waals surface area contributed by atoms with Crippen molar-refractivity contribution in [1.82, 2.24) is 5.32 Å². The van der Waals surface area contributed by atoms with E-state index in [9.17, 15) is 9.18 Å².